The van der Waals surface area contributed by atoms with Crippen LogP contribution in [0.4, 0.5) is 4.79 Å². The Morgan fingerprint density at radius 1 is 1.31 bits per heavy atom. The first kappa shape index (κ1) is 8.53. The standard InChI is InChI=1S/C9H13NO3/c10-9(12)13-8-3-5-1-7(11)2-6(5)4-8/h5-6,8H,1-4H2,(H2,10,12). The fourth-order valence-electron chi connectivity index (χ4n) is 2.59. The zero-order chi connectivity index (χ0) is 9.42. The summed E-state index contributed by atoms with van der Waals surface area (Å²) in [4.78, 5) is 21.5. The number of primary amides is 1. The zero-order valence-electron chi connectivity index (χ0n) is 7.36. The van der Waals surface area contributed by atoms with Gasteiger partial charge in [0, 0.05) is 12.8 Å². The molecule has 2 rings (SSSR count). The van der Waals surface area contributed by atoms with Crippen LogP contribution in [0.25, 0.3) is 0 Å². The van der Waals surface area contributed by atoms with Gasteiger partial charge in [-0.05, 0) is 24.7 Å². The number of ether oxygens (including phenoxy) is 1. The Morgan fingerprint density at radius 2 is 1.85 bits per heavy atom. The number of nitrogens with two attached hydrogens (primary N) is 1. The first-order valence-electron chi connectivity index (χ1n) is 4.63. The van der Waals surface area contributed by atoms with Gasteiger partial charge in [0.2, 0.25) is 0 Å². The van der Waals surface area contributed by atoms with Gasteiger partial charge in [-0.25, -0.2) is 4.79 Å². The van der Waals surface area contributed by atoms with Crippen LogP contribution < -0.4 is 5.73 Å². The Labute approximate surface area is 76.4 Å². The second-order valence-corrected chi connectivity index (χ2v) is 4.00. The van der Waals surface area contributed by atoms with Crippen LogP contribution in [0, 0.1) is 11.8 Å². The van der Waals surface area contributed by atoms with Gasteiger partial charge in [0.05, 0.1) is 0 Å². The van der Waals surface area contributed by atoms with E-state index < -0.39 is 6.09 Å². The smallest absolute Gasteiger partial charge is 0.404 e. The number of Topliss-reactive ketones (excluding diaryl/α,β-unsaturated/α-hetero) is 1. The molecule has 2 unspecified atom stereocenters. The van der Waals surface area contributed by atoms with Crippen molar-refractivity contribution in [3.8, 4) is 0 Å². The summed E-state index contributed by atoms with van der Waals surface area (Å²) in [5.74, 6) is 1.24. The van der Waals surface area contributed by atoms with E-state index in [0.717, 1.165) is 12.8 Å². The van der Waals surface area contributed by atoms with Crippen molar-refractivity contribution in [2.45, 2.75) is 31.8 Å². The number of fused-ring (bicyclic) bond motifs is 1. The van der Waals surface area contributed by atoms with E-state index in [1.54, 1.807) is 0 Å². The first-order valence-corrected chi connectivity index (χ1v) is 4.63. The predicted molar refractivity (Wildman–Crippen MR) is 44.9 cm³/mol. The lowest BCUT2D eigenvalue weighted by Gasteiger charge is -2.09. The molecular weight excluding hydrogens is 170 g/mol. The van der Waals surface area contributed by atoms with Gasteiger partial charge in [-0.15, -0.1) is 0 Å². The third kappa shape index (κ3) is 1.66. The molecule has 2 aliphatic rings. The second kappa shape index (κ2) is 3.01. The van der Waals surface area contributed by atoms with Gasteiger partial charge in [0.1, 0.15) is 11.9 Å². The van der Waals surface area contributed by atoms with Gasteiger partial charge >= 0.3 is 6.09 Å². The SMILES string of the molecule is NC(=O)OC1CC2CC(=O)CC2C1. The molecule has 0 saturated heterocycles. The molecule has 0 aromatic carbocycles. The van der Waals surface area contributed by atoms with Gasteiger partial charge in [-0.1, -0.05) is 0 Å². The molecule has 0 bridgehead atoms. The van der Waals surface area contributed by atoms with E-state index in [0.29, 0.717) is 30.5 Å². The molecule has 0 heterocycles. The maximum absolute atomic E-state index is 11.1. The van der Waals surface area contributed by atoms with Gasteiger partial charge in [-0.3, -0.25) is 4.79 Å². The van der Waals surface area contributed by atoms with E-state index in [4.69, 9.17) is 10.5 Å². The number of amides is 1. The highest BCUT2D eigenvalue weighted by molar-refractivity contribution is 5.81. The summed E-state index contributed by atoms with van der Waals surface area (Å²) >= 11 is 0. The lowest BCUT2D eigenvalue weighted by atomic mass is 10.0. The molecular formula is C9H13NO3. The van der Waals surface area contributed by atoms with Gasteiger partial charge in [-0.2, -0.15) is 0 Å². The Bertz CT molecular complexity index is 235. The lowest BCUT2D eigenvalue weighted by Crippen LogP contribution is -2.21. The van der Waals surface area contributed by atoms with Crippen molar-refractivity contribution in [3.05, 3.63) is 0 Å². The molecule has 2 aliphatic carbocycles. The monoisotopic (exact) mass is 183 g/mol. The summed E-state index contributed by atoms with van der Waals surface area (Å²) < 4.78 is 4.91. The molecule has 4 nitrogen and oxygen atoms in total. The second-order valence-electron chi connectivity index (χ2n) is 4.00. The molecule has 0 aromatic rings. The topological polar surface area (TPSA) is 69.4 Å². The molecule has 0 radical (unpaired) electrons. The molecule has 2 fully saturated rings. The number of hydrogen-bond acceptors (Lipinski definition) is 3. The molecule has 72 valence electrons. The van der Waals surface area contributed by atoms with Crippen LogP contribution in [0.3, 0.4) is 0 Å². The minimum absolute atomic E-state index is 0.0411. The molecule has 1 amide bonds. The zero-order valence-corrected chi connectivity index (χ0v) is 7.36. The summed E-state index contributed by atoms with van der Waals surface area (Å²) in [5.41, 5.74) is 4.92. The Hall–Kier alpha value is -1.06. The van der Waals surface area contributed by atoms with Crippen LogP contribution in [0.1, 0.15) is 25.7 Å². The Morgan fingerprint density at radius 3 is 2.31 bits per heavy atom. The van der Waals surface area contributed by atoms with Crippen LogP contribution in [0.15, 0.2) is 0 Å². The van der Waals surface area contributed by atoms with Crippen LogP contribution >= 0.6 is 0 Å². The summed E-state index contributed by atoms with van der Waals surface area (Å²) in [6.07, 6.45) is 2.24. The van der Waals surface area contributed by atoms with E-state index in [9.17, 15) is 9.59 Å². The highest BCUT2D eigenvalue weighted by atomic mass is 16.6. The first-order chi connectivity index (χ1) is 6.15. The van der Waals surface area contributed by atoms with Gasteiger partial charge in [0.25, 0.3) is 0 Å². The fraction of sp³-hybridized carbons (Fsp3) is 0.778. The van der Waals surface area contributed by atoms with E-state index in [1.165, 1.54) is 0 Å². The van der Waals surface area contributed by atoms with Crippen molar-refractivity contribution in [2.24, 2.45) is 17.6 Å². The Balaban J connectivity index is 1.90. The van der Waals surface area contributed by atoms with Crippen LogP contribution in [0.2, 0.25) is 0 Å². The van der Waals surface area contributed by atoms with E-state index in [1.807, 2.05) is 0 Å². The van der Waals surface area contributed by atoms with E-state index in [-0.39, 0.29) is 6.10 Å². The minimum atomic E-state index is -0.698. The highest BCUT2D eigenvalue weighted by Crippen LogP contribution is 2.43. The molecule has 0 spiro atoms. The van der Waals surface area contributed by atoms with Gasteiger partial charge in [0.15, 0.2) is 0 Å². The van der Waals surface area contributed by atoms with Crippen molar-refractivity contribution < 1.29 is 14.3 Å². The normalized spacial score (nSPS) is 37.5. The van der Waals surface area contributed by atoms with E-state index in [2.05, 4.69) is 0 Å². The maximum atomic E-state index is 11.1. The average molecular weight is 183 g/mol. The van der Waals surface area contributed by atoms with Crippen molar-refractivity contribution >= 4 is 11.9 Å². The third-order valence-electron chi connectivity index (χ3n) is 3.06. The third-order valence-corrected chi connectivity index (χ3v) is 3.06. The van der Waals surface area contributed by atoms with Crippen LogP contribution in [-0.2, 0) is 9.53 Å². The fourth-order valence-corrected chi connectivity index (χ4v) is 2.59. The molecule has 2 atom stereocenters. The largest absolute Gasteiger partial charge is 0.446 e. The number of carbonyl (C=O) groups excluding carboxylic acids is 2. The number of hydrogen-bond donors (Lipinski definition) is 1. The van der Waals surface area contributed by atoms with Crippen molar-refractivity contribution in [3.63, 3.8) is 0 Å². The van der Waals surface area contributed by atoms with E-state index >= 15 is 0 Å². The molecule has 4 heteroatoms. The quantitative estimate of drug-likeness (QED) is 0.654. The molecule has 13 heavy (non-hydrogen) atoms. The molecule has 0 aliphatic heterocycles. The van der Waals surface area contributed by atoms with Crippen molar-refractivity contribution in [2.75, 3.05) is 0 Å². The molecule has 2 saturated carbocycles. The average Bonchev–Trinajstić information content (AvgIpc) is 2.41. The highest BCUT2D eigenvalue weighted by Gasteiger charge is 2.42. The summed E-state index contributed by atoms with van der Waals surface area (Å²) in [7, 11) is 0. The Kier molecular flexibility index (Phi) is 1.98. The number of carbonyl (C=O) groups is 2. The van der Waals surface area contributed by atoms with Crippen LogP contribution in [-0.4, -0.2) is 18.0 Å². The summed E-state index contributed by atoms with van der Waals surface area (Å²) in [6, 6.07) is 0. The predicted octanol–water partition coefficient (Wildman–Crippen LogP) is 0.839. The maximum Gasteiger partial charge on any atom is 0.404 e. The lowest BCUT2D eigenvalue weighted by molar-refractivity contribution is -0.118. The van der Waals surface area contributed by atoms with Crippen molar-refractivity contribution in [1.29, 1.82) is 0 Å². The number of ketones is 1. The minimum Gasteiger partial charge on any atom is -0.446 e. The molecule has 2 N–H and O–H groups in total. The molecule has 0 aromatic heterocycles. The van der Waals surface area contributed by atoms with Gasteiger partial charge < -0.3 is 10.5 Å². The number of rotatable bonds is 1. The van der Waals surface area contributed by atoms with Crippen LogP contribution in [0.5, 0.6) is 0 Å². The van der Waals surface area contributed by atoms with Crippen molar-refractivity contribution in [1.82, 2.24) is 0 Å². The summed E-state index contributed by atoms with van der Waals surface area (Å²) in [5, 5.41) is 0. The summed E-state index contributed by atoms with van der Waals surface area (Å²) in [6.45, 7) is 0.